The Labute approximate surface area is 131 Å². The fraction of sp³-hybridized carbons (Fsp3) is 0.350. The first kappa shape index (κ1) is 13.6. The zero-order valence-corrected chi connectivity index (χ0v) is 13.1. The molecule has 0 bridgehead atoms. The van der Waals surface area contributed by atoms with Crippen molar-refractivity contribution in [3.63, 3.8) is 0 Å². The monoisotopic (exact) mass is 291 g/mol. The molecular formula is C20H21NO. The van der Waals surface area contributed by atoms with E-state index in [2.05, 4.69) is 48.3 Å². The summed E-state index contributed by atoms with van der Waals surface area (Å²) >= 11 is 0. The second kappa shape index (κ2) is 5.28. The number of hydrogen-bond acceptors (Lipinski definition) is 2. The standard InChI is InChI=1S/C20H21NO/c1-21-11-3-5-17-12-15(9-10-19(17)21)16-8-7-14-4-2-6-20(22)18(14)13-16/h7-10,12-13H,2-6,11H2,1H3. The highest BCUT2D eigenvalue weighted by Crippen LogP contribution is 2.32. The summed E-state index contributed by atoms with van der Waals surface area (Å²) < 4.78 is 0. The smallest absolute Gasteiger partial charge is 0.163 e. The number of aryl methyl sites for hydroxylation is 2. The van der Waals surface area contributed by atoms with Gasteiger partial charge < -0.3 is 4.90 Å². The van der Waals surface area contributed by atoms with E-state index in [1.165, 1.54) is 34.4 Å². The van der Waals surface area contributed by atoms with E-state index in [1.54, 1.807) is 0 Å². The van der Waals surface area contributed by atoms with E-state index in [9.17, 15) is 4.79 Å². The van der Waals surface area contributed by atoms with Gasteiger partial charge in [-0.25, -0.2) is 0 Å². The van der Waals surface area contributed by atoms with Crippen LogP contribution in [-0.4, -0.2) is 19.4 Å². The van der Waals surface area contributed by atoms with Crippen LogP contribution in [0.25, 0.3) is 11.1 Å². The van der Waals surface area contributed by atoms with Crippen LogP contribution in [0.5, 0.6) is 0 Å². The van der Waals surface area contributed by atoms with Crippen LogP contribution >= 0.6 is 0 Å². The van der Waals surface area contributed by atoms with Crippen molar-refractivity contribution in [3.8, 4) is 11.1 Å². The number of anilines is 1. The summed E-state index contributed by atoms with van der Waals surface area (Å²) in [5.74, 6) is 0.306. The maximum absolute atomic E-state index is 12.1. The fourth-order valence-electron chi connectivity index (χ4n) is 3.77. The average molecular weight is 291 g/mol. The van der Waals surface area contributed by atoms with Gasteiger partial charge in [0, 0.05) is 31.3 Å². The quantitative estimate of drug-likeness (QED) is 0.782. The van der Waals surface area contributed by atoms with Crippen LogP contribution in [0.15, 0.2) is 36.4 Å². The lowest BCUT2D eigenvalue weighted by Gasteiger charge is -2.28. The Morgan fingerprint density at radius 2 is 1.64 bits per heavy atom. The van der Waals surface area contributed by atoms with E-state index in [1.807, 2.05) is 0 Å². The minimum atomic E-state index is 0.306. The summed E-state index contributed by atoms with van der Waals surface area (Å²) in [7, 11) is 2.16. The van der Waals surface area contributed by atoms with Gasteiger partial charge in [0.25, 0.3) is 0 Å². The minimum Gasteiger partial charge on any atom is -0.374 e. The lowest BCUT2D eigenvalue weighted by Crippen LogP contribution is -2.24. The number of Topliss-reactive ketones (excluding diaryl/α,β-unsaturated/α-hetero) is 1. The molecule has 1 aliphatic heterocycles. The molecule has 0 saturated heterocycles. The number of nitrogens with zero attached hydrogens (tertiary/aromatic N) is 1. The van der Waals surface area contributed by atoms with Gasteiger partial charge in [0.1, 0.15) is 0 Å². The Balaban J connectivity index is 1.76. The van der Waals surface area contributed by atoms with Crippen molar-refractivity contribution in [1.82, 2.24) is 0 Å². The molecule has 4 rings (SSSR count). The maximum Gasteiger partial charge on any atom is 0.163 e. The largest absolute Gasteiger partial charge is 0.374 e. The summed E-state index contributed by atoms with van der Waals surface area (Å²) in [5, 5.41) is 0. The van der Waals surface area contributed by atoms with Crippen molar-refractivity contribution in [2.75, 3.05) is 18.5 Å². The second-order valence-corrected chi connectivity index (χ2v) is 6.52. The third-order valence-electron chi connectivity index (χ3n) is 5.02. The van der Waals surface area contributed by atoms with Gasteiger partial charge in [-0.3, -0.25) is 4.79 Å². The predicted molar refractivity (Wildman–Crippen MR) is 90.7 cm³/mol. The van der Waals surface area contributed by atoms with E-state index in [0.29, 0.717) is 12.2 Å². The average Bonchev–Trinajstić information content (AvgIpc) is 2.55. The molecule has 0 atom stereocenters. The second-order valence-electron chi connectivity index (χ2n) is 6.52. The molecule has 0 N–H and O–H groups in total. The molecule has 2 aliphatic rings. The van der Waals surface area contributed by atoms with Gasteiger partial charge in [-0.05, 0) is 66.1 Å². The Bertz CT molecular complexity index is 747. The topological polar surface area (TPSA) is 20.3 Å². The molecule has 0 unspecified atom stereocenters. The third-order valence-corrected chi connectivity index (χ3v) is 5.02. The van der Waals surface area contributed by atoms with Crippen molar-refractivity contribution >= 4 is 11.5 Å². The highest BCUT2D eigenvalue weighted by molar-refractivity contribution is 5.99. The van der Waals surface area contributed by atoms with Crippen molar-refractivity contribution in [2.24, 2.45) is 0 Å². The number of carbonyl (C=O) groups excluding carboxylic acids is 1. The molecule has 2 nitrogen and oxygen atoms in total. The van der Waals surface area contributed by atoms with Gasteiger partial charge in [0.2, 0.25) is 0 Å². The molecule has 1 aliphatic carbocycles. The number of hydrogen-bond donors (Lipinski definition) is 0. The normalized spacial score (nSPS) is 17.1. The van der Waals surface area contributed by atoms with Crippen LogP contribution in [0, 0.1) is 0 Å². The first-order valence-corrected chi connectivity index (χ1v) is 8.23. The number of fused-ring (bicyclic) bond motifs is 2. The Morgan fingerprint density at radius 3 is 2.55 bits per heavy atom. The summed E-state index contributed by atoms with van der Waals surface area (Å²) in [6.07, 6.45) is 5.10. The van der Waals surface area contributed by atoms with Crippen LogP contribution < -0.4 is 4.90 Å². The molecule has 0 fully saturated rings. The Kier molecular flexibility index (Phi) is 3.25. The van der Waals surface area contributed by atoms with Crippen LogP contribution in [0.4, 0.5) is 5.69 Å². The highest BCUT2D eigenvalue weighted by atomic mass is 16.1. The van der Waals surface area contributed by atoms with Crippen LogP contribution in [0.1, 0.15) is 40.7 Å². The summed E-state index contributed by atoms with van der Waals surface area (Å²) in [4.78, 5) is 14.5. The van der Waals surface area contributed by atoms with E-state index in [0.717, 1.165) is 31.4 Å². The SMILES string of the molecule is CN1CCCc2cc(-c3ccc4c(c3)C(=O)CCC4)ccc21. The lowest BCUT2D eigenvalue weighted by molar-refractivity contribution is 0.0972. The molecule has 0 spiro atoms. The molecule has 112 valence electrons. The van der Waals surface area contributed by atoms with Gasteiger partial charge in [-0.2, -0.15) is 0 Å². The molecule has 2 aromatic carbocycles. The zero-order chi connectivity index (χ0) is 15.1. The number of benzene rings is 2. The first-order chi connectivity index (χ1) is 10.7. The molecular weight excluding hydrogens is 270 g/mol. The Morgan fingerprint density at radius 1 is 0.864 bits per heavy atom. The van der Waals surface area contributed by atoms with Crippen molar-refractivity contribution in [3.05, 3.63) is 53.1 Å². The first-order valence-electron chi connectivity index (χ1n) is 8.23. The van der Waals surface area contributed by atoms with Crippen molar-refractivity contribution in [2.45, 2.75) is 32.1 Å². The maximum atomic E-state index is 12.1. The molecule has 0 radical (unpaired) electrons. The molecule has 2 aromatic rings. The third kappa shape index (κ3) is 2.23. The van der Waals surface area contributed by atoms with Gasteiger partial charge in [-0.1, -0.05) is 18.2 Å². The van der Waals surface area contributed by atoms with Crippen LogP contribution in [0.2, 0.25) is 0 Å². The minimum absolute atomic E-state index is 0.306. The zero-order valence-electron chi connectivity index (χ0n) is 13.1. The number of rotatable bonds is 1. The van der Waals surface area contributed by atoms with Gasteiger partial charge >= 0.3 is 0 Å². The molecule has 1 heterocycles. The van der Waals surface area contributed by atoms with Crippen molar-refractivity contribution in [1.29, 1.82) is 0 Å². The number of ketones is 1. The van der Waals surface area contributed by atoms with Crippen molar-refractivity contribution < 1.29 is 4.79 Å². The van der Waals surface area contributed by atoms with Gasteiger partial charge in [0.05, 0.1) is 0 Å². The van der Waals surface area contributed by atoms with Gasteiger partial charge in [0.15, 0.2) is 5.78 Å². The molecule has 2 heteroatoms. The van der Waals surface area contributed by atoms with Crippen LogP contribution in [-0.2, 0) is 12.8 Å². The lowest BCUT2D eigenvalue weighted by atomic mass is 9.87. The number of carbonyl (C=O) groups is 1. The summed E-state index contributed by atoms with van der Waals surface area (Å²) in [6, 6.07) is 13.1. The van der Waals surface area contributed by atoms with Crippen LogP contribution in [0.3, 0.4) is 0 Å². The molecule has 22 heavy (non-hydrogen) atoms. The molecule has 0 aromatic heterocycles. The van der Waals surface area contributed by atoms with E-state index < -0.39 is 0 Å². The van der Waals surface area contributed by atoms with E-state index in [-0.39, 0.29) is 0 Å². The van der Waals surface area contributed by atoms with E-state index >= 15 is 0 Å². The summed E-state index contributed by atoms with van der Waals surface area (Å²) in [5.41, 5.74) is 7.34. The fourth-order valence-corrected chi connectivity index (χ4v) is 3.77. The highest BCUT2D eigenvalue weighted by Gasteiger charge is 2.18. The molecule has 0 amide bonds. The van der Waals surface area contributed by atoms with E-state index in [4.69, 9.17) is 0 Å². The summed E-state index contributed by atoms with van der Waals surface area (Å²) in [6.45, 7) is 1.14. The predicted octanol–water partition coefficient (Wildman–Crippen LogP) is 4.26. The van der Waals surface area contributed by atoms with Gasteiger partial charge in [-0.15, -0.1) is 0 Å². The molecule has 0 saturated carbocycles. The Hall–Kier alpha value is -2.09.